The minimum absolute atomic E-state index is 0.0824. The maximum Gasteiger partial charge on any atom is 0.249 e. The van der Waals surface area contributed by atoms with E-state index in [1.165, 1.54) is 6.07 Å². The maximum absolute atomic E-state index is 13.6. The van der Waals surface area contributed by atoms with Crippen molar-refractivity contribution in [2.75, 3.05) is 20.7 Å². The van der Waals surface area contributed by atoms with Crippen molar-refractivity contribution in [3.63, 3.8) is 0 Å². The van der Waals surface area contributed by atoms with E-state index in [1.807, 2.05) is 19.0 Å². The lowest BCUT2D eigenvalue weighted by Crippen LogP contribution is -2.33. The molecule has 0 spiro atoms. The molecule has 20 heavy (non-hydrogen) atoms. The Bertz CT molecular complexity index is 471. The van der Waals surface area contributed by atoms with Crippen molar-refractivity contribution >= 4 is 5.91 Å². The molecule has 0 radical (unpaired) electrons. The summed E-state index contributed by atoms with van der Waals surface area (Å²) in [5.41, 5.74) is 1.54. The maximum atomic E-state index is 13.6. The molecule has 1 aromatic carbocycles. The molecule has 0 saturated carbocycles. The van der Waals surface area contributed by atoms with Gasteiger partial charge in [-0.25, -0.2) is 4.39 Å². The number of carbonyl (C=O) groups excluding carboxylic acids is 1. The molecule has 1 aliphatic heterocycles. The first kappa shape index (κ1) is 14.9. The summed E-state index contributed by atoms with van der Waals surface area (Å²) >= 11 is 0. The summed E-state index contributed by atoms with van der Waals surface area (Å²) in [6, 6.07) is 4.95. The van der Waals surface area contributed by atoms with Crippen LogP contribution in [-0.4, -0.2) is 37.6 Å². The van der Waals surface area contributed by atoms with Crippen LogP contribution in [0.3, 0.4) is 0 Å². The number of hydrogen-bond donors (Lipinski definition) is 1. The van der Waals surface area contributed by atoms with Crippen LogP contribution >= 0.6 is 0 Å². The Kier molecular flexibility index (Phi) is 5.09. The number of amides is 1. The van der Waals surface area contributed by atoms with Crippen molar-refractivity contribution in [1.29, 1.82) is 0 Å². The molecule has 5 heteroatoms. The minimum atomic E-state index is -0.323. The highest BCUT2D eigenvalue weighted by Crippen LogP contribution is 2.14. The van der Waals surface area contributed by atoms with Gasteiger partial charge in [0, 0.05) is 25.3 Å². The van der Waals surface area contributed by atoms with Gasteiger partial charge in [0.1, 0.15) is 11.9 Å². The summed E-state index contributed by atoms with van der Waals surface area (Å²) in [7, 11) is 3.79. The van der Waals surface area contributed by atoms with Crippen LogP contribution in [0.2, 0.25) is 0 Å². The largest absolute Gasteiger partial charge is 0.368 e. The Labute approximate surface area is 118 Å². The van der Waals surface area contributed by atoms with Gasteiger partial charge in [-0.05, 0) is 44.6 Å². The molecule has 1 N–H and O–H groups in total. The monoisotopic (exact) mass is 280 g/mol. The summed E-state index contributed by atoms with van der Waals surface area (Å²) < 4.78 is 19.0. The molecule has 1 heterocycles. The van der Waals surface area contributed by atoms with Crippen molar-refractivity contribution in [3.05, 3.63) is 35.1 Å². The zero-order valence-corrected chi connectivity index (χ0v) is 12.0. The fourth-order valence-corrected chi connectivity index (χ4v) is 2.29. The highest BCUT2D eigenvalue weighted by atomic mass is 19.1. The third-order valence-corrected chi connectivity index (χ3v) is 3.29. The fourth-order valence-electron chi connectivity index (χ4n) is 2.29. The van der Waals surface area contributed by atoms with Crippen molar-refractivity contribution in [3.8, 4) is 0 Å². The molecule has 1 amide bonds. The zero-order chi connectivity index (χ0) is 14.5. The van der Waals surface area contributed by atoms with E-state index < -0.39 is 0 Å². The van der Waals surface area contributed by atoms with E-state index in [2.05, 4.69) is 5.32 Å². The van der Waals surface area contributed by atoms with Crippen LogP contribution in [0.25, 0.3) is 0 Å². The van der Waals surface area contributed by atoms with E-state index in [1.54, 1.807) is 12.1 Å². The average Bonchev–Trinajstić information content (AvgIpc) is 2.92. The summed E-state index contributed by atoms with van der Waals surface area (Å²) in [6.07, 6.45) is 1.39. The quantitative estimate of drug-likeness (QED) is 0.892. The number of nitrogens with one attached hydrogen (secondary N) is 1. The molecule has 1 unspecified atom stereocenters. The Morgan fingerprint density at radius 3 is 2.95 bits per heavy atom. The number of rotatable bonds is 5. The number of halogens is 1. The first-order valence-corrected chi connectivity index (χ1v) is 6.87. The van der Waals surface area contributed by atoms with Gasteiger partial charge in [-0.2, -0.15) is 0 Å². The number of ether oxygens (including phenoxy) is 1. The molecule has 110 valence electrons. The van der Waals surface area contributed by atoms with E-state index >= 15 is 0 Å². The van der Waals surface area contributed by atoms with Gasteiger partial charge < -0.3 is 15.0 Å². The van der Waals surface area contributed by atoms with E-state index in [0.717, 1.165) is 18.4 Å². The predicted molar refractivity (Wildman–Crippen MR) is 74.6 cm³/mol. The summed E-state index contributed by atoms with van der Waals surface area (Å²) in [5, 5.41) is 2.84. The molecule has 0 aliphatic carbocycles. The lowest BCUT2D eigenvalue weighted by Gasteiger charge is -2.13. The highest BCUT2D eigenvalue weighted by Gasteiger charge is 2.23. The standard InChI is InChI=1S/C15H21FN2O2/c1-18(2)10-12-8-11(5-6-13(12)16)9-17-15(19)14-4-3-7-20-14/h5-6,8,14H,3-4,7,9-10H2,1-2H3,(H,17,19). The van der Waals surface area contributed by atoms with Crippen molar-refractivity contribution in [1.82, 2.24) is 10.2 Å². The van der Waals surface area contributed by atoms with Crippen LogP contribution in [0.1, 0.15) is 24.0 Å². The van der Waals surface area contributed by atoms with Crippen LogP contribution in [0, 0.1) is 5.82 Å². The van der Waals surface area contributed by atoms with Gasteiger partial charge in [0.15, 0.2) is 0 Å². The Morgan fingerprint density at radius 2 is 2.30 bits per heavy atom. The predicted octanol–water partition coefficient (Wildman–Crippen LogP) is 1.68. The minimum Gasteiger partial charge on any atom is -0.368 e. The van der Waals surface area contributed by atoms with Gasteiger partial charge in [-0.15, -0.1) is 0 Å². The van der Waals surface area contributed by atoms with Crippen molar-refractivity contribution in [2.24, 2.45) is 0 Å². The molecular formula is C15H21FN2O2. The second-order valence-corrected chi connectivity index (χ2v) is 5.38. The lowest BCUT2D eigenvalue weighted by molar-refractivity contribution is -0.130. The average molecular weight is 280 g/mol. The van der Waals surface area contributed by atoms with E-state index in [-0.39, 0.29) is 17.8 Å². The Morgan fingerprint density at radius 1 is 1.50 bits per heavy atom. The van der Waals surface area contributed by atoms with Crippen LogP contribution in [-0.2, 0) is 22.6 Å². The van der Waals surface area contributed by atoms with Crippen molar-refractivity contribution < 1.29 is 13.9 Å². The van der Waals surface area contributed by atoms with Crippen molar-refractivity contribution in [2.45, 2.75) is 32.0 Å². The molecule has 1 fully saturated rings. The van der Waals surface area contributed by atoms with Gasteiger partial charge >= 0.3 is 0 Å². The second kappa shape index (κ2) is 6.81. The first-order valence-electron chi connectivity index (χ1n) is 6.87. The van der Waals surface area contributed by atoms with Gasteiger partial charge in [-0.1, -0.05) is 6.07 Å². The molecule has 1 aliphatic rings. The lowest BCUT2D eigenvalue weighted by atomic mass is 10.1. The molecular weight excluding hydrogens is 259 g/mol. The van der Waals surface area contributed by atoms with Gasteiger partial charge in [-0.3, -0.25) is 4.79 Å². The SMILES string of the molecule is CN(C)Cc1cc(CNC(=O)C2CCCO2)ccc1F. The van der Waals surface area contributed by atoms with Gasteiger partial charge in [0.05, 0.1) is 0 Å². The molecule has 2 rings (SSSR count). The third kappa shape index (κ3) is 4.02. The number of hydrogen-bond acceptors (Lipinski definition) is 3. The topological polar surface area (TPSA) is 41.6 Å². The second-order valence-electron chi connectivity index (χ2n) is 5.38. The zero-order valence-electron chi connectivity index (χ0n) is 12.0. The van der Waals surface area contributed by atoms with Crippen LogP contribution < -0.4 is 5.32 Å². The molecule has 1 aromatic rings. The summed E-state index contributed by atoms with van der Waals surface area (Å²) in [5.74, 6) is -0.297. The fraction of sp³-hybridized carbons (Fsp3) is 0.533. The number of nitrogens with zero attached hydrogens (tertiary/aromatic N) is 1. The van der Waals surface area contributed by atoms with Crippen LogP contribution in [0.15, 0.2) is 18.2 Å². The van der Waals surface area contributed by atoms with E-state index in [4.69, 9.17) is 4.74 Å². The molecule has 0 bridgehead atoms. The van der Waals surface area contributed by atoms with Crippen LogP contribution in [0.5, 0.6) is 0 Å². The molecule has 1 saturated heterocycles. The summed E-state index contributed by atoms with van der Waals surface area (Å²) in [6.45, 7) is 1.60. The Hall–Kier alpha value is -1.46. The normalized spacial score (nSPS) is 18.5. The van der Waals surface area contributed by atoms with Crippen LogP contribution in [0.4, 0.5) is 4.39 Å². The number of benzene rings is 1. The van der Waals surface area contributed by atoms with Gasteiger partial charge in [0.25, 0.3) is 0 Å². The molecule has 4 nitrogen and oxygen atoms in total. The highest BCUT2D eigenvalue weighted by molar-refractivity contribution is 5.80. The van der Waals surface area contributed by atoms with E-state index in [0.29, 0.717) is 25.3 Å². The van der Waals surface area contributed by atoms with Gasteiger partial charge in [0.2, 0.25) is 5.91 Å². The smallest absolute Gasteiger partial charge is 0.249 e. The number of carbonyl (C=O) groups is 1. The molecule has 0 aromatic heterocycles. The molecule has 1 atom stereocenters. The first-order chi connectivity index (χ1) is 9.56. The third-order valence-electron chi connectivity index (χ3n) is 3.29. The van der Waals surface area contributed by atoms with E-state index in [9.17, 15) is 9.18 Å². The Balaban J connectivity index is 1.93. The summed E-state index contributed by atoms with van der Waals surface area (Å²) in [4.78, 5) is 13.7.